The number of aromatic amines is 1. The van der Waals surface area contributed by atoms with Gasteiger partial charge in [0.2, 0.25) is 0 Å². The zero-order valence-electron chi connectivity index (χ0n) is 11.5. The quantitative estimate of drug-likeness (QED) is 0.791. The third-order valence-electron chi connectivity index (χ3n) is 3.91. The van der Waals surface area contributed by atoms with Crippen LogP contribution in [0, 0.1) is 0 Å². The van der Waals surface area contributed by atoms with Gasteiger partial charge in [0.05, 0.1) is 12.1 Å². The highest BCUT2D eigenvalue weighted by molar-refractivity contribution is 7.17. The van der Waals surface area contributed by atoms with Gasteiger partial charge < -0.3 is 9.88 Å². The maximum atomic E-state index is 12.0. The fourth-order valence-electron chi connectivity index (χ4n) is 2.95. The number of para-hydroxylation sites is 1. The molecule has 1 N–H and O–H groups in total. The van der Waals surface area contributed by atoms with Gasteiger partial charge in [0, 0.05) is 12.2 Å². The summed E-state index contributed by atoms with van der Waals surface area (Å²) in [4.78, 5) is 21.8. The minimum absolute atomic E-state index is 0.0321. The summed E-state index contributed by atoms with van der Waals surface area (Å²) in [7, 11) is 0. The molecular formula is C16H15N3OS. The molecule has 1 aromatic carbocycles. The third-order valence-corrected chi connectivity index (χ3v) is 4.81. The van der Waals surface area contributed by atoms with Crippen molar-refractivity contribution in [3.05, 3.63) is 57.5 Å². The Kier molecular flexibility index (Phi) is 3.00. The van der Waals surface area contributed by atoms with Gasteiger partial charge in [-0.1, -0.05) is 18.2 Å². The van der Waals surface area contributed by atoms with Crippen molar-refractivity contribution in [1.29, 1.82) is 0 Å². The van der Waals surface area contributed by atoms with Crippen LogP contribution in [0.5, 0.6) is 0 Å². The zero-order chi connectivity index (χ0) is 14.2. The number of fused-ring (bicyclic) bond motifs is 2. The maximum Gasteiger partial charge on any atom is 0.268 e. The van der Waals surface area contributed by atoms with E-state index in [1.165, 1.54) is 22.6 Å². The number of thiophene rings is 1. The summed E-state index contributed by atoms with van der Waals surface area (Å²) in [6.07, 6.45) is 2.27. The van der Waals surface area contributed by atoms with E-state index in [1.54, 1.807) is 0 Å². The van der Waals surface area contributed by atoms with Crippen molar-refractivity contribution in [2.45, 2.75) is 19.4 Å². The highest BCUT2D eigenvalue weighted by Crippen LogP contribution is 2.27. The van der Waals surface area contributed by atoms with Crippen LogP contribution in [0.15, 0.2) is 40.5 Å². The van der Waals surface area contributed by atoms with Crippen LogP contribution in [0.2, 0.25) is 0 Å². The number of nitrogens with zero attached hydrogens (tertiary/aromatic N) is 2. The summed E-state index contributed by atoms with van der Waals surface area (Å²) < 4.78 is 0.706. The zero-order valence-corrected chi connectivity index (χ0v) is 12.3. The number of H-pyrrole nitrogens is 1. The molecule has 0 fully saturated rings. The average molecular weight is 297 g/mol. The highest BCUT2D eigenvalue weighted by atomic mass is 32.1. The number of hydrogen-bond donors (Lipinski definition) is 1. The van der Waals surface area contributed by atoms with E-state index in [1.807, 2.05) is 11.4 Å². The van der Waals surface area contributed by atoms with E-state index < -0.39 is 0 Å². The van der Waals surface area contributed by atoms with Gasteiger partial charge in [-0.2, -0.15) is 0 Å². The molecule has 0 radical (unpaired) electrons. The molecule has 0 saturated heterocycles. The minimum atomic E-state index is -0.0321. The molecule has 0 atom stereocenters. The molecule has 106 valence electrons. The number of aromatic nitrogens is 2. The number of benzene rings is 1. The lowest BCUT2D eigenvalue weighted by Gasteiger charge is -2.30. The fourth-order valence-corrected chi connectivity index (χ4v) is 3.68. The van der Waals surface area contributed by atoms with Crippen molar-refractivity contribution in [3.8, 4) is 0 Å². The molecule has 0 aliphatic carbocycles. The first kappa shape index (κ1) is 12.6. The van der Waals surface area contributed by atoms with E-state index in [4.69, 9.17) is 0 Å². The first-order valence-electron chi connectivity index (χ1n) is 7.10. The molecule has 0 unspecified atom stereocenters. The molecule has 21 heavy (non-hydrogen) atoms. The Hall–Kier alpha value is -2.14. The summed E-state index contributed by atoms with van der Waals surface area (Å²) >= 11 is 1.44. The number of hydrogen-bond acceptors (Lipinski definition) is 4. The second-order valence-electron chi connectivity index (χ2n) is 5.30. The average Bonchev–Trinajstić information content (AvgIpc) is 2.97. The molecule has 3 heterocycles. The van der Waals surface area contributed by atoms with Crippen LogP contribution in [0.4, 0.5) is 5.69 Å². The van der Waals surface area contributed by atoms with E-state index in [2.05, 4.69) is 39.1 Å². The molecule has 0 saturated carbocycles. The molecule has 4 nitrogen and oxygen atoms in total. The normalized spacial score (nSPS) is 14.4. The van der Waals surface area contributed by atoms with Gasteiger partial charge in [0.25, 0.3) is 5.56 Å². The SMILES string of the molecule is O=c1[nH]c(CN2CCCc3ccccc32)nc2ccsc12. The van der Waals surface area contributed by atoms with Crippen molar-refractivity contribution in [1.82, 2.24) is 9.97 Å². The largest absolute Gasteiger partial charge is 0.364 e. The Morgan fingerprint density at radius 1 is 1.29 bits per heavy atom. The number of nitrogens with one attached hydrogen (secondary N) is 1. The van der Waals surface area contributed by atoms with Gasteiger partial charge in [-0.3, -0.25) is 4.79 Å². The Morgan fingerprint density at radius 3 is 3.14 bits per heavy atom. The van der Waals surface area contributed by atoms with Crippen molar-refractivity contribution >= 4 is 27.2 Å². The minimum Gasteiger partial charge on any atom is -0.364 e. The molecule has 0 spiro atoms. The Bertz CT molecular complexity index is 852. The first-order chi connectivity index (χ1) is 10.3. The van der Waals surface area contributed by atoms with Crippen LogP contribution >= 0.6 is 11.3 Å². The van der Waals surface area contributed by atoms with Crippen molar-refractivity contribution in [3.63, 3.8) is 0 Å². The van der Waals surface area contributed by atoms with E-state index in [0.29, 0.717) is 11.2 Å². The van der Waals surface area contributed by atoms with Crippen molar-refractivity contribution in [2.24, 2.45) is 0 Å². The molecule has 2 aromatic heterocycles. The predicted octanol–water partition coefficient (Wildman–Crippen LogP) is 2.94. The van der Waals surface area contributed by atoms with Crippen LogP contribution < -0.4 is 10.5 Å². The summed E-state index contributed by atoms with van der Waals surface area (Å²) in [6.45, 7) is 1.65. The summed E-state index contributed by atoms with van der Waals surface area (Å²) in [5, 5.41) is 1.91. The van der Waals surface area contributed by atoms with Crippen molar-refractivity contribution in [2.75, 3.05) is 11.4 Å². The van der Waals surface area contributed by atoms with Gasteiger partial charge in [0.15, 0.2) is 0 Å². The standard InChI is InChI=1S/C16H15N3OS/c20-16-15-12(7-9-21-15)17-14(18-16)10-19-8-3-5-11-4-1-2-6-13(11)19/h1-2,4,6-7,9H,3,5,8,10H2,(H,17,18,20). The summed E-state index contributed by atoms with van der Waals surface area (Å²) in [5.41, 5.74) is 3.40. The summed E-state index contributed by atoms with van der Waals surface area (Å²) in [6, 6.07) is 10.4. The van der Waals surface area contributed by atoms with Gasteiger partial charge in [-0.25, -0.2) is 4.98 Å². The second kappa shape index (κ2) is 5.00. The van der Waals surface area contributed by atoms with E-state index in [9.17, 15) is 4.79 Å². The molecule has 5 heteroatoms. The monoisotopic (exact) mass is 297 g/mol. The fraction of sp³-hybridized carbons (Fsp3) is 0.250. The van der Waals surface area contributed by atoms with E-state index in [0.717, 1.165) is 30.7 Å². The molecule has 0 bridgehead atoms. The van der Waals surface area contributed by atoms with Crippen LogP contribution in [0.25, 0.3) is 10.2 Å². The summed E-state index contributed by atoms with van der Waals surface area (Å²) in [5.74, 6) is 0.739. The highest BCUT2D eigenvalue weighted by Gasteiger charge is 2.17. The molecule has 0 amide bonds. The first-order valence-corrected chi connectivity index (χ1v) is 7.98. The number of anilines is 1. The van der Waals surface area contributed by atoms with Crippen LogP contribution in [0.3, 0.4) is 0 Å². The Labute approximate surface area is 126 Å². The Balaban J connectivity index is 1.71. The third kappa shape index (κ3) is 2.23. The van der Waals surface area contributed by atoms with Gasteiger partial charge >= 0.3 is 0 Å². The lowest BCUT2D eigenvalue weighted by Crippen LogP contribution is -2.30. The smallest absolute Gasteiger partial charge is 0.268 e. The van der Waals surface area contributed by atoms with Gasteiger partial charge in [-0.15, -0.1) is 11.3 Å². The maximum absolute atomic E-state index is 12.0. The molecular weight excluding hydrogens is 282 g/mol. The topological polar surface area (TPSA) is 49.0 Å². The van der Waals surface area contributed by atoms with Crippen molar-refractivity contribution < 1.29 is 0 Å². The van der Waals surface area contributed by atoms with Crippen LogP contribution in [0.1, 0.15) is 17.8 Å². The van der Waals surface area contributed by atoms with Crippen LogP contribution in [-0.4, -0.2) is 16.5 Å². The lowest BCUT2D eigenvalue weighted by atomic mass is 10.0. The molecule has 4 rings (SSSR count). The molecule has 1 aliphatic rings. The van der Waals surface area contributed by atoms with Crippen LogP contribution in [-0.2, 0) is 13.0 Å². The van der Waals surface area contributed by atoms with E-state index in [-0.39, 0.29) is 5.56 Å². The molecule has 1 aliphatic heterocycles. The van der Waals surface area contributed by atoms with Gasteiger partial charge in [0.1, 0.15) is 10.5 Å². The van der Waals surface area contributed by atoms with E-state index >= 15 is 0 Å². The second-order valence-corrected chi connectivity index (χ2v) is 6.22. The molecule has 3 aromatic rings. The van der Waals surface area contributed by atoms with Gasteiger partial charge in [-0.05, 0) is 35.9 Å². The Morgan fingerprint density at radius 2 is 2.19 bits per heavy atom. The predicted molar refractivity (Wildman–Crippen MR) is 86.1 cm³/mol. The number of rotatable bonds is 2. The lowest BCUT2D eigenvalue weighted by molar-refractivity contribution is 0.674. The number of aryl methyl sites for hydroxylation is 1.